The molecule has 6 nitrogen and oxygen atoms in total. The van der Waals surface area contributed by atoms with Crippen molar-refractivity contribution in [2.45, 2.75) is 16.2 Å². The van der Waals surface area contributed by atoms with Crippen LogP contribution in [-0.2, 0) is 11.2 Å². The third-order valence-corrected chi connectivity index (χ3v) is 3.81. The van der Waals surface area contributed by atoms with Gasteiger partial charge in [-0.15, -0.1) is 0 Å². The Hall–Kier alpha value is -2.85. The minimum absolute atomic E-state index is 0.168. The molecule has 0 amide bonds. The van der Waals surface area contributed by atoms with E-state index in [2.05, 4.69) is 0 Å². The number of carboxylic acids is 1. The van der Waals surface area contributed by atoms with Gasteiger partial charge in [0.05, 0.1) is 23.0 Å². The maximum Gasteiger partial charge on any atom is 0.308 e. The molecule has 0 aliphatic heterocycles. The highest BCUT2D eigenvalue weighted by Gasteiger charge is 2.17. The first-order valence-corrected chi connectivity index (χ1v) is 6.98. The third-order valence-electron chi connectivity index (χ3n) is 2.81. The van der Waals surface area contributed by atoms with Crippen molar-refractivity contribution in [1.29, 1.82) is 5.26 Å². The molecular weight excluding hydrogens is 304 g/mol. The van der Waals surface area contributed by atoms with Crippen LogP contribution in [0.1, 0.15) is 11.1 Å². The largest absolute Gasteiger partial charge is 0.481 e. The molecular formula is C15H10N2O4S. The van der Waals surface area contributed by atoms with Crippen LogP contribution < -0.4 is 0 Å². The summed E-state index contributed by atoms with van der Waals surface area (Å²) in [5, 5.41) is 28.6. The van der Waals surface area contributed by atoms with Gasteiger partial charge in [-0.2, -0.15) is 5.26 Å². The summed E-state index contributed by atoms with van der Waals surface area (Å²) in [4.78, 5) is 22.7. The summed E-state index contributed by atoms with van der Waals surface area (Å²) < 4.78 is 0. The number of nitriles is 1. The number of carboxylic acid groups (broad SMARTS) is 1. The van der Waals surface area contributed by atoms with E-state index in [1.165, 1.54) is 23.9 Å². The van der Waals surface area contributed by atoms with Crippen molar-refractivity contribution in [3.05, 3.63) is 63.7 Å². The molecule has 110 valence electrons. The molecule has 1 N–H and O–H groups in total. The molecule has 7 heteroatoms. The van der Waals surface area contributed by atoms with Crippen molar-refractivity contribution in [2.24, 2.45) is 0 Å². The van der Waals surface area contributed by atoms with Crippen molar-refractivity contribution in [3.63, 3.8) is 0 Å². The highest BCUT2D eigenvalue weighted by Crippen LogP contribution is 2.32. The molecule has 2 aromatic carbocycles. The fraction of sp³-hybridized carbons (Fsp3) is 0.0667. The summed E-state index contributed by atoms with van der Waals surface area (Å²) in [7, 11) is 0. The van der Waals surface area contributed by atoms with Crippen molar-refractivity contribution < 1.29 is 14.8 Å². The fourth-order valence-corrected chi connectivity index (χ4v) is 2.67. The van der Waals surface area contributed by atoms with Crippen LogP contribution in [0.4, 0.5) is 5.69 Å². The molecule has 0 saturated heterocycles. The molecule has 0 aliphatic carbocycles. The molecule has 2 rings (SSSR count). The van der Waals surface area contributed by atoms with Gasteiger partial charge in [-0.3, -0.25) is 14.9 Å². The molecule has 0 bridgehead atoms. The number of nitro groups is 1. The summed E-state index contributed by atoms with van der Waals surface area (Å²) in [5.74, 6) is -1.12. The predicted octanol–water partition coefficient (Wildman–Crippen LogP) is 3.24. The van der Waals surface area contributed by atoms with Gasteiger partial charge in [0, 0.05) is 21.4 Å². The van der Waals surface area contributed by atoms with Gasteiger partial charge in [0.25, 0.3) is 5.69 Å². The summed E-state index contributed by atoms with van der Waals surface area (Å²) in [6.07, 6.45) is -0.391. The first kappa shape index (κ1) is 15.5. The Morgan fingerprint density at radius 1 is 1.23 bits per heavy atom. The van der Waals surface area contributed by atoms with Gasteiger partial charge in [0.2, 0.25) is 0 Å². The summed E-state index contributed by atoms with van der Waals surface area (Å²) in [6.45, 7) is 0. The highest BCUT2D eigenvalue weighted by atomic mass is 32.2. The minimum Gasteiger partial charge on any atom is -0.481 e. The van der Waals surface area contributed by atoms with Crippen molar-refractivity contribution in [3.8, 4) is 6.07 Å². The van der Waals surface area contributed by atoms with Crippen LogP contribution >= 0.6 is 11.8 Å². The van der Waals surface area contributed by atoms with Gasteiger partial charge in [-0.1, -0.05) is 17.8 Å². The van der Waals surface area contributed by atoms with E-state index >= 15 is 0 Å². The topological polar surface area (TPSA) is 104 Å². The van der Waals surface area contributed by atoms with Crippen LogP contribution in [0.25, 0.3) is 0 Å². The predicted molar refractivity (Wildman–Crippen MR) is 79.7 cm³/mol. The molecule has 0 aliphatic rings. The van der Waals surface area contributed by atoms with E-state index < -0.39 is 17.3 Å². The summed E-state index contributed by atoms with van der Waals surface area (Å²) >= 11 is 1.30. The Morgan fingerprint density at radius 2 is 1.86 bits per heavy atom. The maximum absolute atomic E-state index is 11.1. The van der Waals surface area contributed by atoms with Crippen LogP contribution in [0, 0.1) is 21.4 Å². The van der Waals surface area contributed by atoms with Gasteiger partial charge < -0.3 is 5.11 Å². The molecule has 22 heavy (non-hydrogen) atoms. The normalized spacial score (nSPS) is 9.95. The number of aliphatic carboxylic acids is 1. The zero-order valence-electron chi connectivity index (χ0n) is 11.2. The number of carbonyl (C=O) groups is 1. The highest BCUT2D eigenvalue weighted by molar-refractivity contribution is 7.99. The number of benzene rings is 2. The molecule has 2 aromatic rings. The van der Waals surface area contributed by atoms with E-state index in [0.717, 1.165) is 4.90 Å². The first-order valence-electron chi connectivity index (χ1n) is 6.16. The van der Waals surface area contributed by atoms with Gasteiger partial charge in [-0.25, -0.2) is 0 Å². The second-order valence-electron chi connectivity index (χ2n) is 4.36. The first-order chi connectivity index (χ1) is 10.5. The van der Waals surface area contributed by atoms with Crippen LogP contribution in [-0.4, -0.2) is 16.0 Å². The SMILES string of the molecule is N#Cc1ccc(Sc2ccc(CC(=O)O)c([N+](=O)[O-])c2)cc1. The minimum atomic E-state index is -1.12. The second-order valence-corrected chi connectivity index (χ2v) is 5.50. The van der Waals surface area contributed by atoms with Crippen molar-refractivity contribution in [2.75, 3.05) is 0 Å². The molecule has 0 saturated carbocycles. The smallest absolute Gasteiger partial charge is 0.308 e. The van der Waals surface area contributed by atoms with Crippen LogP contribution in [0.2, 0.25) is 0 Å². The Balaban J connectivity index is 2.28. The van der Waals surface area contributed by atoms with E-state index in [1.807, 2.05) is 6.07 Å². The average molecular weight is 314 g/mol. The average Bonchev–Trinajstić information content (AvgIpc) is 2.49. The van der Waals surface area contributed by atoms with Crippen LogP contribution in [0.5, 0.6) is 0 Å². The number of hydrogen-bond acceptors (Lipinski definition) is 5. The van der Waals surface area contributed by atoms with Gasteiger partial charge >= 0.3 is 5.97 Å². The Bertz CT molecular complexity index is 766. The van der Waals surface area contributed by atoms with E-state index in [9.17, 15) is 14.9 Å². The number of hydrogen-bond donors (Lipinski definition) is 1. The Morgan fingerprint density at radius 3 is 2.41 bits per heavy atom. The lowest BCUT2D eigenvalue weighted by molar-refractivity contribution is -0.385. The summed E-state index contributed by atoms with van der Waals surface area (Å²) in [5.41, 5.74) is 0.495. The molecule has 0 aromatic heterocycles. The van der Waals surface area contributed by atoms with Gasteiger partial charge in [-0.05, 0) is 30.3 Å². The molecule has 0 radical (unpaired) electrons. The van der Waals surface area contributed by atoms with Crippen LogP contribution in [0.3, 0.4) is 0 Å². The number of nitrogens with zero attached hydrogens (tertiary/aromatic N) is 2. The van der Waals surface area contributed by atoms with E-state index in [0.29, 0.717) is 10.5 Å². The zero-order valence-corrected chi connectivity index (χ0v) is 12.0. The molecule has 0 unspecified atom stereocenters. The maximum atomic E-state index is 11.1. The van der Waals surface area contributed by atoms with E-state index in [4.69, 9.17) is 10.4 Å². The standard InChI is InChI=1S/C15H10N2O4S/c16-9-10-1-4-12(5-2-10)22-13-6-3-11(7-15(18)19)14(8-13)17(20)21/h1-6,8H,7H2,(H,18,19). The summed E-state index contributed by atoms with van der Waals surface area (Å²) in [6, 6.07) is 13.3. The lowest BCUT2D eigenvalue weighted by Crippen LogP contribution is -2.03. The van der Waals surface area contributed by atoms with Crippen molar-refractivity contribution in [1.82, 2.24) is 0 Å². The van der Waals surface area contributed by atoms with Crippen molar-refractivity contribution >= 4 is 23.4 Å². The zero-order chi connectivity index (χ0) is 16.1. The Kier molecular flexibility index (Phi) is 4.76. The van der Waals surface area contributed by atoms with E-state index in [1.54, 1.807) is 30.3 Å². The third kappa shape index (κ3) is 3.84. The van der Waals surface area contributed by atoms with Gasteiger partial charge in [0.15, 0.2) is 0 Å². The molecule has 0 heterocycles. The molecule has 0 spiro atoms. The lowest BCUT2D eigenvalue weighted by atomic mass is 10.1. The molecule has 0 fully saturated rings. The number of rotatable bonds is 5. The number of nitro benzene ring substituents is 1. The Labute approximate surface area is 130 Å². The fourth-order valence-electron chi connectivity index (χ4n) is 1.82. The molecule has 0 atom stereocenters. The lowest BCUT2D eigenvalue weighted by Gasteiger charge is -2.05. The van der Waals surface area contributed by atoms with Crippen LogP contribution in [0.15, 0.2) is 52.3 Å². The second kappa shape index (κ2) is 6.74. The monoisotopic (exact) mass is 314 g/mol. The van der Waals surface area contributed by atoms with E-state index in [-0.39, 0.29) is 11.3 Å². The quantitative estimate of drug-likeness (QED) is 0.671. The van der Waals surface area contributed by atoms with Gasteiger partial charge in [0.1, 0.15) is 0 Å².